The normalized spacial score (nSPS) is 10.6. The minimum Gasteiger partial charge on any atom is -0.320 e. The highest BCUT2D eigenvalue weighted by atomic mass is 16.2. The summed E-state index contributed by atoms with van der Waals surface area (Å²) < 4.78 is 0. The number of anilines is 1. The minimum absolute atomic E-state index is 0.0256. The number of aromatic amines is 1. The van der Waals surface area contributed by atoms with Crippen molar-refractivity contribution in [3.63, 3.8) is 0 Å². The van der Waals surface area contributed by atoms with Gasteiger partial charge in [-0.25, -0.2) is 0 Å². The number of para-hydroxylation sites is 1. The molecule has 0 unspecified atom stereocenters. The zero-order valence-electron chi connectivity index (χ0n) is 13.6. The fourth-order valence-corrected chi connectivity index (χ4v) is 2.72. The van der Waals surface area contributed by atoms with Crippen molar-refractivity contribution in [2.45, 2.75) is 0 Å². The number of benzene rings is 1. The summed E-state index contributed by atoms with van der Waals surface area (Å²) in [6.45, 7) is 0. The molecule has 0 spiro atoms. The lowest BCUT2D eigenvalue weighted by molar-refractivity contribution is 0.102. The summed E-state index contributed by atoms with van der Waals surface area (Å²) in [5.74, 6) is -0.489. The molecule has 3 heterocycles. The highest BCUT2D eigenvalue weighted by Gasteiger charge is 2.13. The summed E-state index contributed by atoms with van der Waals surface area (Å²) in [5, 5.41) is 3.67. The molecule has 1 aromatic carbocycles. The Balaban J connectivity index is 1.65. The number of amides is 1. The number of H-pyrrole nitrogens is 1. The Morgan fingerprint density at radius 2 is 1.73 bits per heavy atom. The zero-order chi connectivity index (χ0) is 17.9. The Morgan fingerprint density at radius 1 is 0.885 bits per heavy atom. The van der Waals surface area contributed by atoms with E-state index in [0.717, 1.165) is 5.39 Å². The van der Waals surface area contributed by atoms with Crippen LogP contribution in [0.4, 0.5) is 5.69 Å². The van der Waals surface area contributed by atoms with Gasteiger partial charge in [-0.05, 0) is 36.4 Å². The number of rotatable bonds is 3. The maximum atomic E-state index is 12.6. The molecule has 4 aromatic rings. The van der Waals surface area contributed by atoms with Crippen molar-refractivity contribution in [2.24, 2.45) is 0 Å². The zero-order valence-corrected chi connectivity index (χ0v) is 13.6. The summed E-state index contributed by atoms with van der Waals surface area (Å²) in [6.07, 6.45) is 3.30. The Hall–Kier alpha value is -3.80. The minimum atomic E-state index is -0.489. The predicted molar refractivity (Wildman–Crippen MR) is 100.0 cm³/mol. The van der Waals surface area contributed by atoms with E-state index in [1.165, 1.54) is 6.07 Å². The third-order valence-corrected chi connectivity index (χ3v) is 3.98. The van der Waals surface area contributed by atoms with Gasteiger partial charge in [-0.3, -0.25) is 19.6 Å². The molecule has 2 N–H and O–H groups in total. The third kappa shape index (κ3) is 2.95. The van der Waals surface area contributed by atoms with Gasteiger partial charge in [0.2, 0.25) is 0 Å². The van der Waals surface area contributed by atoms with Crippen molar-refractivity contribution in [3.8, 4) is 11.4 Å². The van der Waals surface area contributed by atoms with Gasteiger partial charge in [0.05, 0.1) is 22.6 Å². The molecule has 0 saturated carbocycles. The Bertz CT molecular complexity index is 1150. The van der Waals surface area contributed by atoms with Crippen LogP contribution >= 0.6 is 0 Å². The van der Waals surface area contributed by atoms with Crippen LogP contribution in [0.1, 0.15) is 10.4 Å². The molecule has 0 aliphatic carbocycles. The van der Waals surface area contributed by atoms with Crippen LogP contribution in [0.25, 0.3) is 22.3 Å². The lowest BCUT2D eigenvalue weighted by Gasteiger charge is -2.08. The molecule has 0 fully saturated rings. The molecule has 6 nitrogen and oxygen atoms in total. The third-order valence-electron chi connectivity index (χ3n) is 3.98. The molecule has 126 valence electrons. The van der Waals surface area contributed by atoms with E-state index in [9.17, 15) is 9.59 Å². The predicted octanol–water partition coefficient (Wildman–Crippen LogP) is 3.24. The number of aromatic nitrogens is 3. The van der Waals surface area contributed by atoms with E-state index in [1.54, 1.807) is 36.7 Å². The fourth-order valence-electron chi connectivity index (χ4n) is 2.72. The average Bonchev–Trinajstić information content (AvgIpc) is 2.69. The van der Waals surface area contributed by atoms with Crippen LogP contribution in [0, 0.1) is 0 Å². The largest absolute Gasteiger partial charge is 0.320 e. The average molecular weight is 342 g/mol. The Labute approximate surface area is 148 Å². The fraction of sp³-hybridized carbons (Fsp3) is 0. The molecule has 0 radical (unpaired) electrons. The smallest absolute Gasteiger partial charge is 0.261 e. The lowest BCUT2D eigenvalue weighted by atomic mass is 10.1. The lowest BCUT2D eigenvalue weighted by Crippen LogP contribution is -2.23. The molecule has 3 aromatic heterocycles. The number of hydrogen-bond acceptors (Lipinski definition) is 4. The second-order valence-electron chi connectivity index (χ2n) is 5.66. The van der Waals surface area contributed by atoms with Gasteiger partial charge in [-0.15, -0.1) is 0 Å². The van der Waals surface area contributed by atoms with Gasteiger partial charge < -0.3 is 10.3 Å². The van der Waals surface area contributed by atoms with Crippen molar-refractivity contribution in [1.29, 1.82) is 0 Å². The molecule has 6 heteroatoms. The highest BCUT2D eigenvalue weighted by molar-refractivity contribution is 6.08. The first kappa shape index (κ1) is 15.7. The number of pyridine rings is 3. The van der Waals surface area contributed by atoms with Crippen LogP contribution in [-0.4, -0.2) is 20.9 Å². The van der Waals surface area contributed by atoms with Gasteiger partial charge in [0.1, 0.15) is 5.56 Å². The molecule has 0 bridgehead atoms. The van der Waals surface area contributed by atoms with E-state index in [0.29, 0.717) is 22.6 Å². The first-order valence-corrected chi connectivity index (χ1v) is 8.02. The monoisotopic (exact) mass is 342 g/mol. The van der Waals surface area contributed by atoms with E-state index in [4.69, 9.17) is 0 Å². The van der Waals surface area contributed by atoms with Gasteiger partial charge in [0.15, 0.2) is 0 Å². The molecule has 0 aliphatic rings. The van der Waals surface area contributed by atoms with Gasteiger partial charge >= 0.3 is 0 Å². The first-order valence-electron chi connectivity index (χ1n) is 8.02. The summed E-state index contributed by atoms with van der Waals surface area (Å²) in [7, 11) is 0. The quantitative estimate of drug-likeness (QED) is 0.598. The second kappa shape index (κ2) is 6.60. The molecular formula is C20H14N4O2. The van der Waals surface area contributed by atoms with Crippen LogP contribution in [-0.2, 0) is 0 Å². The van der Waals surface area contributed by atoms with E-state index in [1.807, 2.05) is 30.3 Å². The standard InChI is InChI=1S/C20H14N4O2/c25-19-14(9-10-16(23-19)15-7-1-2-11-21-15)20(26)24-17-8-3-5-13-6-4-12-22-18(13)17/h1-12H,(H,23,25)(H,24,26). The highest BCUT2D eigenvalue weighted by Crippen LogP contribution is 2.21. The van der Waals surface area contributed by atoms with Crippen LogP contribution in [0.2, 0.25) is 0 Å². The topological polar surface area (TPSA) is 87.7 Å². The van der Waals surface area contributed by atoms with Gasteiger partial charge in [0, 0.05) is 17.8 Å². The summed E-state index contributed by atoms with van der Waals surface area (Å²) in [6, 6.07) is 17.8. The van der Waals surface area contributed by atoms with Crippen LogP contribution in [0.5, 0.6) is 0 Å². The van der Waals surface area contributed by atoms with Crippen molar-refractivity contribution in [3.05, 3.63) is 89.0 Å². The molecule has 26 heavy (non-hydrogen) atoms. The van der Waals surface area contributed by atoms with Crippen LogP contribution < -0.4 is 10.9 Å². The Morgan fingerprint density at radius 3 is 2.54 bits per heavy atom. The van der Waals surface area contributed by atoms with Crippen molar-refractivity contribution >= 4 is 22.5 Å². The van der Waals surface area contributed by atoms with Gasteiger partial charge in [-0.2, -0.15) is 0 Å². The van der Waals surface area contributed by atoms with Gasteiger partial charge in [-0.1, -0.05) is 24.3 Å². The van der Waals surface area contributed by atoms with Crippen molar-refractivity contribution < 1.29 is 4.79 Å². The molecule has 0 atom stereocenters. The SMILES string of the molecule is O=C(Nc1cccc2cccnc12)c1ccc(-c2ccccn2)[nH]c1=O. The van der Waals surface area contributed by atoms with Crippen molar-refractivity contribution in [2.75, 3.05) is 5.32 Å². The molecule has 4 rings (SSSR count). The molecule has 0 aliphatic heterocycles. The van der Waals surface area contributed by atoms with Gasteiger partial charge in [0.25, 0.3) is 11.5 Å². The molecule has 0 saturated heterocycles. The number of carbonyl (C=O) groups excluding carboxylic acids is 1. The number of carbonyl (C=O) groups is 1. The number of hydrogen-bond donors (Lipinski definition) is 2. The van der Waals surface area contributed by atoms with E-state index < -0.39 is 11.5 Å². The summed E-state index contributed by atoms with van der Waals surface area (Å²) >= 11 is 0. The first-order chi connectivity index (χ1) is 12.7. The second-order valence-corrected chi connectivity index (χ2v) is 5.66. The molecular weight excluding hydrogens is 328 g/mol. The number of nitrogens with zero attached hydrogens (tertiary/aromatic N) is 2. The number of nitrogens with one attached hydrogen (secondary N) is 2. The van der Waals surface area contributed by atoms with E-state index in [2.05, 4.69) is 20.3 Å². The van der Waals surface area contributed by atoms with Crippen LogP contribution in [0.15, 0.2) is 77.9 Å². The summed E-state index contributed by atoms with van der Waals surface area (Å²) in [4.78, 5) is 36.1. The maximum Gasteiger partial charge on any atom is 0.261 e. The summed E-state index contributed by atoms with van der Waals surface area (Å²) in [5.41, 5.74) is 1.97. The van der Waals surface area contributed by atoms with Crippen LogP contribution in [0.3, 0.4) is 0 Å². The van der Waals surface area contributed by atoms with E-state index in [-0.39, 0.29) is 5.56 Å². The van der Waals surface area contributed by atoms with E-state index >= 15 is 0 Å². The number of fused-ring (bicyclic) bond motifs is 1. The maximum absolute atomic E-state index is 12.6. The Kier molecular flexibility index (Phi) is 3.99. The van der Waals surface area contributed by atoms with Crippen molar-refractivity contribution in [1.82, 2.24) is 15.0 Å². The molecule has 1 amide bonds.